The highest BCUT2D eigenvalue weighted by Crippen LogP contribution is 2.26. The van der Waals surface area contributed by atoms with Gasteiger partial charge in [-0.25, -0.2) is 4.39 Å². The molecule has 0 saturated heterocycles. The summed E-state index contributed by atoms with van der Waals surface area (Å²) in [6, 6.07) is 17.4. The first kappa shape index (κ1) is 21.2. The van der Waals surface area contributed by atoms with E-state index in [0.717, 1.165) is 36.1 Å². The number of carbonyl (C=O) groups is 1. The summed E-state index contributed by atoms with van der Waals surface area (Å²) in [6.45, 7) is 1.37. The standard InChI is InChI=1S/C25H29FN4O/c1-29(2)25(31)24-21-16-20(27-15-14-19-10-6-7-11-22(19)26)12-13-23(21)30(28-24)17-18-8-4-3-5-9-18/h3-11,20,27H,12-17H2,1-2H3. The summed E-state index contributed by atoms with van der Waals surface area (Å²) < 4.78 is 15.9. The van der Waals surface area contributed by atoms with E-state index in [9.17, 15) is 9.18 Å². The molecule has 6 heteroatoms. The average molecular weight is 421 g/mol. The van der Waals surface area contributed by atoms with Gasteiger partial charge in [-0.15, -0.1) is 0 Å². The summed E-state index contributed by atoms with van der Waals surface area (Å²) >= 11 is 0. The Hall–Kier alpha value is -2.99. The Morgan fingerprint density at radius 1 is 1.16 bits per heavy atom. The number of hydrogen-bond acceptors (Lipinski definition) is 3. The predicted octanol–water partition coefficient (Wildman–Crippen LogP) is 3.46. The monoisotopic (exact) mass is 420 g/mol. The highest BCUT2D eigenvalue weighted by molar-refractivity contribution is 5.93. The lowest BCUT2D eigenvalue weighted by molar-refractivity contribution is 0.0820. The van der Waals surface area contributed by atoms with Crippen LogP contribution < -0.4 is 5.32 Å². The Morgan fingerprint density at radius 2 is 1.90 bits per heavy atom. The van der Waals surface area contributed by atoms with Crippen LogP contribution in [0.25, 0.3) is 0 Å². The highest BCUT2D eigenvalue weighted by Gasteiger charge is 2.29. The number of rotatable bonds is 7. The van der Waals surface area contributed by atoms with Crippen LogP contribution in [-0.2, 0) is 25.8 Å². The molecule has 0 bridgehead atoms. The molecule has 5 nitrogen and oxygen atoms in total. The summed E-state index contributed by atoms with van der Waals surface area (Å²) in [6.07, 6.45) is 3.25. The maximum atomic E-state index is 13.9. The first-order valence-electron chi connectivity index (χ1n) is 10.8. The number of aromatic nitrogens is 2. The van der Waals surface area contributed by atoms with Gasteiger partial charge >= 0.3 is 0 Å². The van der Waals surface area contributed by atoms with Gasteiger partial charge in [0.05, 0.1) is 6.54 Å². The number of fused-ring (bicyclic) bond motifs is 1. The fraction of sp³-hybridized carbons (Fsp3) is 0.360. The van der Waals surface area contributed by atoms with Crippen LogP contribution in [0.5, 0.6) is 0 Å². The van der Waals surface area contributed by atoms with Gasteiger partial charge in [0.2, 0.25) is 0 Å². The Labute approximate surface area is 182 Å². The molecule has 1 heterocycles. The number of nitrogens with one attached hydrogen (secondary N) is 1. The first-order chi connectivity index (χ1) is 15.0. The molecule has 162 valence electrons. The van der Waals surface area contributed by atoms with Crippen molar-refractivity contribution in [2.45, 2.75) is 38.3 Å². The topological polar surface area (TPSA) is 50.2 Å². The number of amides is 1. The normalized spacial score (nSPS) is 15.5. The molecule has 0 fully saturated rings. The lowest BCUT2D eigenvalue weighted by atomic mass is 9.91. The van der Waals surface area contributed by atoms with Gasteiger partial charge < -0.3 is 10.2 Å². The number of nitrogens with zero attached hydrogens (tertiary/aromatic N) is 3. The van der Waals surface area contributed by atoms with Crippen LogP contribution in [-0.4, -0.2) is 47.3 Å². The van der Waals surface area contributed by atoms with Crippen molar-refractivity contribution in [3.8, 4) is 0 Å². The van der Waals surface area contributed by atoms with Crippen LogP contribution in [0.3, 0.4) is 0 Å². The number of benzene rings is 2. The fourth-order valence-electron chi connectivity index (χ4n) is 4.24. The lowest BCUT2D eigenvalue weighted by Gasteiger charge is -2.25. The number of hydrogen-bond donors (Lipinski definition) is 1. The van der Waals surface area contributed by atoms with Crippen molar-refractivity contribution in [3.63, 3.8) is 0 Å². The molecule has 1 amide bonds. The van der Waals surface area contributed by atoms with Gasteiger partial charge in [-0.3, -0.25) is 9.48 Å². The molecule has 0 saturated carbocycles. The minimum absolute atomic E-state index is 0.0601. The zero-order valence-electron chi connectivity index (χ0n) is 18.1. The zero-order valence-corrected chi connectivity index (χ0v) is 18.1. The van der Waals surface area contributed by atoms with Gasteiger partial charge in [-0.2, -0.15) is 5.10 Å². The van der Waals surface area contributed by atoms with Crippen LogP contribution >= 0.6 is 0 Å². The van der Waals surface area contributed by atoms with E-state index in [0.29, 0.717) is 25.2 Å². The van der Waals surface area contributed by atoms with E-state index in [1.807, 2.05) is 35.0 Å². The second-order valence-corrected chi connectivity index (χ2v) is 8.35. The summed E-state index contributed by atoms with van der Waals surface area (Å²) in [4.78, 5) is 14.4. The molecular formula is C25H29FN4O. The summed E-state index contributed by atoms with van der Waals surface area (Å²) in [5, 5.41) is 8.29. The van der Waals surface area contributed by atoms with Gasteiger partial charge in [0.1, 0.15) is 5.82 Å². The molecule has 1 atom stereocenters. The van der Waals surface area contributed by atoms with Gasteiger partial charge in [-0.1, -0.05) is 48.5 Å². The van der Waals surface area contributed by atoms with Crippen LogP contribution in [0.2, 0.25) is 0 Å². The van der Waals surface area contributed by atoms with Crippen LogP contribution in [0.15, 0.2) is 54.6 Å². The molecule has 0 radical (unpaired) electrons. The third-order valence-electron chi connectivity index (χ3n) is 5.92. The summed E-state index contributed by atoms with van der Waals surface area (Å²) in [5.74, 6) is -0.216. The largest absolute Gasteiger partial charge is 0.343 e. The van der Waals surface area contributed by atoms with Crippen molar-refractivity contribution in [1.29, 1.82) is 0 Å². The minimum Gasteiger partial charge on any atom is -0.343 e. The molecule has 1 aliphatic carbocycles. The minimum atomic E-state index is -0.156. The molecule has 31 heavy (non-hydrogen) atoms. The second kappa shape index (κ2) is 9.43. The zero-order chi connectivity index (χ0) is 21.8. The van der Waals surface area contributed by atoms with E-state index in [-0.39, 0.29) is 17.8 Å². The van der Waals surface area contributed by atoms with Crippen molar-refractivity contribution in [2.75, 3.05) is 20.6 Å². The van der Waals surface area contributed by atoms with Gasteiger partial charge in [0, 0.05) is 31.4 Å². The molecular weight excluding hydrogens is 391 g/mol. The predicted molar refractivity (Wildman–Crippen MR) is 120 cm³/mol. The highest BCUT2D eigenvalue weighted by atomic mass is 19.1. The van der Waals surface area contributed by atoms with Crippen molar-refractivity contribution >= 4 is 5.91 Å². The van der Waals surface area contributed by atoms with E-state index in [2.05, 4.69) is 17.4 Å². The Kier molecular flexibility index (Phi) is 6.47. The maximum absolute atomic E-state index is 13.9. The SMILES string of the molecule is CN(C)C(=O)c1nn(Cc2ccccc2)c2c1CC(NCCc1ccccc1F)CC2. The van der Waals surface area contributed by atoms with Crippen molar-refractivity contribution in [2.24, 2.45) is 0 Å². The number of carbonyl (C=O) groups excluding carboxylic acids is 1. The number of halogens is 1. The maximum Gasteiger partial charge on any atom is 0.274 e. The van der Waals surface area contributed by atoms with E-state index in [4.69, 9.17) is 5.10 Å². The molecule has 0 spiro atoms. The molecule has 1 aliphatic rings. The first-order valence-corrected chi connectivity index (χ1v) is 10.8. The van der Waals surface area contributed by atoms with Gasteiger partial charge in [-0.05, 0) is 49.4 Å². The third-order valence-corrected chi connectivity index (χ3v) is 5.92. The van der Waals surface area contributed by atoms with Crippen LogP contribution in [0, 0.1) is 5.82 Å². The van der Waals surface area contributed by atoms with E-state index >= 15 is 0 Å². The molecule has 2 aromatic carbocycles. The lowest BCUT2D eigenvalue weighted by Crippen LogP contribution is -2.37. The Balaban J connectivity index is 1.50. The quantitative estimate of drug-likeness (QED) is 0.637. The van der Waals surface area contributed by atoms with Crippen LogP contribution in [0.1, 0.15) is 39.3 Å². The molecule has 0 aliphatic heterocycles. The summed E-state index contributed by atoms with van der Waals surface area (Å²) in [5.41, 5.74) is 4.65. The van der Waals surface area contributed by atoms with Crippen LogP contribution in [0.4, 0.5) is 4.39 Å². The smallest absolute Gasteiger partial charge is 0.274 e. The molecule has 1 N–H and O–H groups in total. The Bertz CT molecular complexity index is 1040. The average Bonchev–Trinajstić information content (AvgIpc) is 3.12. The second-order valence-electron chi connectivity index (χ2n) is 8.35. The fourth-order valence-corrected chi connectivity index (χ4v) is 4.24. The molecule has 1 aromatic heterocycles. The molecule has 1 unspecified atom stereocenters. The van der Waals surface area contributed by atoms with Crippen molar-refractivity contribution in [1.82, 2.24) is 20.0 Å². The van der Waals surface area contributed by atoms with E-state index in [1.165, 1.54) is 11.6 Å². The molecule has 4 rings (SSSR count). The third kappa shape index (κ3) is 4.85. The van der Waals surface area contributed by atoms with E-state index in [1.54, 1.807) is 25.1 Å². The van der Waals surface area contributed by atoms with Gasteiger partial charge in [0.25, 0.3) is 5.91 Å². The summed E-state index contributed by atoms with van der Waals surface area (Å²) in [7, 11) is 3.52. The molecule has 3 aromatic rings. The van der Waals surface area contributed by atoms with Crippen molar-refractivity contribution in [3.05, 3.63) is 88.5 Å². The Morgan fingerprint density at radius 3 is 2.65 bits per heavy atom. The van der Waals surface area contributed by atoms with Crippen molar-refractivity contribution < 1.29 is 9.18 Å². The van der Waals surface area contributed by atoms with Gasteiger partial charge in [0.15, 0.2) is 5.69 Å². The van der Waals surface area contributed by atoms with E-state index < -0.39 is 0 Å².